The van der Waals surface area contributed by atoms with Gasteiger partial charge in [0.15, 0.2) is 5.82 Å². The summed E-state index contributed by atoms with van der Waals surface area (Å²) in [6, 6.07) is 14.7. The lowest BCUT2D eigenvalue weighted by Crippen LogP contribution is -2.17. The zero-order valence-corrected chi connectivity index (χ0v) is 18.6. The number of hydrogen-bond acceptors (Lipinski definition) is 6. The number of hydrogen-bond donors (Lipinski definition) is 1. The van der Waals surface area contributed by atoms with Crippen LogP contribution in [0, 0.1) is 13.8 Å². The fourth-order valence-corrected chi connectivity index (χ4v) is 3.66. The molecule has 0 radical (unpaired) electrons. The molecule has 0 bridgehead atoms. The van der Waals surface area contributed by atoms with E-state index in [0.29, 0.717) is 34.4 Å². The lowest BCUT2D eigenvalue weighted by molar-refractivity contribution is 0.102. The highest BCUT2D eigenvalue weighted by Crippen LogP contribution is 2.31. The number of benzene rings is 2. The van der Waals surface area contributed by atoms with Crippen molar-refractivity contribution >= 4 is 22.6 Å². The summed E-state index contributed by atoms with van der Waals surface area (Å²) in [6.07, 6.45) is 0. The van der Waals surface area contributed by atoms with Gasteiger partial charge in [-0.25, -0.2) is 4.98 Å². The molecule has 0 saturated heterocycles. The number of amides is 1. The second-order valence-corrected chi connectivity index (χ2v) is 7.23. The molecule has 1 amide bonds. The molecule has 1 N–H and O–H groups in total. The Morgan fingerprint density at radius 3 is 2.19 bits per heavy atom. The molecule has 0 fully saturated rings. The van der Waals surface area contributed by atoms with E-state index in [-0.39, 0.29) is 5.91 Å². The predicted molar refractivity (Wildman–Crippen MR) is 122 cm³/mol. The topological polar surface area (TPSA) is 87.5 Å². The van der Waals surface area contributed by atoms with E-state index in [4.69, 9.17) is 19.2 Å². The van der Waals surface area contributed by atoms with E-state index in [1.165, 1.54) is 14.2 Å². The van der Waals surface area contributed by atoms with Gasteiger partial charge in [0, 0.05) is 11.5 Å². The summed E-state index contributed by atoms with van der Waals surface area (Å²) in [6.45, 7) is 3.85. The van der Waals surface area contributed by atoms with Crippen LogP contribution < -0.4 is 19.5 Å². The highest BCUT2D eigenvalue weighted by Gasteiger charge is 2.21. The third kappa shape index (κ3) is 3.71. The summed E-state index contributed by atoms with van der Waals surface area (Å²) >= 11 is 0. The van der Waals surface area contributed by atoms with Crippen LogP contribution in [-0.4, -0.2) is 42.0 Å². The summed E-state index contributed by atoms with van der Waals surface area (Å²) in [4.78, 5) is 18.0. The van der Waals surface area contributed by atoms with Crippen LogP contribution in [0.5, 0.6) is 17.2 Å². The van der Waals surface area contributed by atoms with Crippen LogP contribution in [0.15, 0.2) is 48.5 Å². The molecule has 2 aromatic heterocycles. The summed E-state index contributed by atoms with van der Waals surface area (Å²) in [5.41, 5.74) is 2.77. The number of carbonyl (C=O) groups excluding carboxylic acids is 1. The minimum Gasteiger partial charge on any atom is -0.496 e. The lowest BCUT2D eigenvalue weighted by Gasteiger charge is -2.14. The Balaban J connectivity index is 1.79. The van der Waals surface area contributed by atoms with Crippen molar-refractivity contribution in [2.75, 3.05) is 26.6 Å². The number of ether oxygens (including phenoxy) is 3. The molecule has 0 spiro atoms. The summed E-state index contributed by atoms with van der Waals surface area (Å²) in [5.74, 6) is 2.15. The SMILES string of the molecule is COc1cccc(OC)c1C(=O)Nc1cc(C)nn1-c1cc(C)c2cccc(OC)c2n1. The van der Waals surface area contributed by atoms with Crippen molar-refractivity contribution in [2.24, 2.45) is 0 Å². The van der Waals surface area contributed by atoms with Crippen LogP contribution in [0.3, 0.4) is 0 Å². The second-order valence-electron chi connectivity index (χ2n) is 7.23. The third-order valence-electron chi connectivity index (χ3n) is 5.16. The molecule has 8 nitrogen and oxygen atoms in total. The Bertz CT molecular complexity index is 1290. The third-order valence-corrected chi connectivity index (χ3v) is 5.16. The van der Waals surface area contributed by atoms with Gasteiger partial charge in [0.2, 0.25) is 0 Å². The second kappa shape index (κ2) is 8.58. The van der Waals surface area contributed by atoms with Crippen LogP contribution in [0.1, 0.15) is 21.6 Å². The molecule has 4 rings (SSSR count). The van der Waals surface area contributed by atoms with Crippen molar-refractivity contribution < 1.29 is 19.0 Å². The van der Waals surface area contributed by atoms with E-state index in [1.54, 1.807) is 36.1 Å². The first-order chi connectivity index (χ1) is 15.5. The van der Waals surface area contributed by atoms with E-state index in [1.807, 2.05) is 38.1 Å². The standard InChI is InChI=1S/C24H24N4O4/c1-14-12-20(25-23-16(14)8-6-11-19(23)32-5)28-21(13-15(2)27-28)26-24(29)22-17(30-3)9-7-10-18(22)31-4/h6-13H,1-5H3,(H,26,29). The fraction of sp³-hybridized carbons (Fsp3) is 0.208. The van der Waals surface area contributed by atoms with Crippen molar-refractivity contribution in [3.63, 3.8) is 0 Å². The first kappa shape index (κ1) is 21.2. The number of pyridine rings is 1. The number of aromatic nitrogens is 3. The number of carbonyl (C=O) groups is 1. The first-order valence-corrected chi connectivity index (χ1v) is 10.0. The van der Waals surface area contributed by atoms with E-state index in [2.05, 4.69) is 10.4 Å². The average Bonchev–Trinajstić information content (AvgIpc) is 3.17. The van der Waals surface area contributed by atoms with Crippen molar-refractivity contribution in [3.8, 4) is 23.1 Å². The maximum atomic E-state index is 13.2. The van der Waals surface area contributed by atoms with Gasteiger partial charge in [0.05, 0.1) is 27.0 Å². The Morgan fingerprint density at radius 1 is 0.906 bits per heavy atom. The van der Waals surface area contributed by atoms with Crippen molar-refractivity contribution in [1.82, 2.24) is 14.8 Å². The molecule has 164 valence electrons. The van der Waals surface area contributed by atoms with E-state index < -0.39 is 0 Å². The van der Waals surface area contributed by atoms with E-state index >= 15 is 0 Å². The monoisotopic (exact) mass is 432 g/mol. The largest absolute Gasteiger partial charge is 0.496 e. The molecule has 0 aliphatic heterocycles. The normalized spacial score (nSPS) is 10.8. The number of anilines is 1. The molecule has 2 heterocycles. The zero-order valence-electron chi connectivity index (χ0n) is 18.6. The van der Waals surface area contributed by atoms with Gasteiger partial charge < -0.3 is 19.5 Å². The summed E-state index contributed by atoms with van der Waals surface area (Å²) in [7, 11) is 4.63. The lowest BCUT2D eigenvalue weighted by atomic mass is 10.1. The zero-order chi connectivity index (χ0) is 22.8. The molecule has 4 aromatic rings. The molecule has 0 aliphatic carbocycles. The van der Waals surface area contributed by atoms with E-state index in [9.17, 15) is 4.79 Å². The fourth-order valence-electron chi connectivity index (χ4n) is 3.66. The van der Waals surface area contributed by atoms with Crippen LogP contribution in [0.2, 0.25) is 0 Å². The van der Waals surface area contributed by atoms with Crippen LogP contribution in [0.4, 0.5) is 5.82 Å². The maximum absolute atomic E-state index is 13.2. The van der Waals surface area contributed by atoms with Gasteiger partial charge in [-0.15, -0.1) is 0 Å². The van der Waals surface area contributed by atoms with Gasteiger partial charge in [-0.05, 0) is 43.7 Å². The van der Waals surface area contributed by atoms with Crippen molar-refractivity contribution in [1.29, 1.82) is 0 Å². The highest BCUT2D eigenvalue weighted by atomic mass is 16.5. The molecule has 0 atom stereocenters. The van der Waals surface area contributed by atoms with E-state index in [0.717, 1.165) is 22.2 Å². The Kier molecular flexibility index (Phi) is 5.68. The number of methoxy groups -OCH3 is 3. The van der Waals surface area contributed by atoms with Gasteiger partial charge >= 0.3 is 0 Å². The number of nitrogens with zero attached hydrogens (tertiary/aromatic N) is 3. The quantitative estimate of drug-likeness (QED) is 0.488. The molecule has 0 aliphatic rings. The average molecular weight is 432 g/mol. The van der Waals surface area contributed by atoms with Crippen LogP contribution >= 0.6 is 0 Å². The van der Waals surface area contributed by atoms with Crippen LogP contribution in [-0.2, 0) is 0 Å². The molecule has 8 heteroatoms. The number of rotatable bonds is 6. The minimum atomic E-state index is -0.379. The molecule has 2 aromatic carbocycles. The Labute approximate surface area is 185 Å². The highest BCUT2D eigenvalue weighted by molar-refractivity contribution is 6.08. The van der Waals surface area contributed by atoms with Crippen molar-refractivity contribution in [3.05, 3.63) is 65.4 Å². The molecular weight excluding hydrogens is 408 g/mol. The number of fused-ring (bicyclic) bond motifs is 1. The molecule has 0 unspecified atom stereocenters. The minimum absolute atomic E-state index is 0.298. The predicted octanol–water partition coefficient (Wildman–Crippen LogP) is 4.32. The van der Waals surface area contributed by atoms with Crippen molar-refractivity contribution in [2.45, 2.75) is 13.8 Å². The Morgan fingerprint density at radius 2 is 1.53 bits per heavy atom. The molecular formula is C24H24N4O4. The van der Waals surface area contributed by atoms with Gasteiger partial charge in [0.1, 0.15) is 34.1 Å². The summed E-state index contributed by atoms with van der Waals surface area (Å²) < 4.78 is 17.8. The van der Waals surface area contributed by atoms with Gasteiger partial charge in [-0.2, -0.15) is 9.78 Å². The smallest absolute Gasteiger partial charge is 0.264 e. The number of para-hydroxylation sites is 1. The van der Waals surface area contributed by atoms with Gasteiger partial charge in [-0.3, -0.25) is 4.79 Å². The van der Waals surface area contributed by atoms with Crippen LogP contribution in [0.25, 0.3) is 16.7 Å². The molecule has 0 saturated carbocycles. The summed E-state index contributed by atoms with van der Waals surface area (Å²) in [5, 5.41) is 8.46. The van der Waals surface area contributed by atoms with Gasteiger partial charge in [-0.1, -0.05) is 18.2 Å². The number of nitrogens with one attached hydrogen (secondary N) is 1. The number of aryl methyl sites for hydroxylation is 2. The maximum Gasteiger partial charge on any atom is 0.264 e. The first-order valence-electron chi connectivity index (χ1n) is 10.0. The molecule has 32 heavy (non-hydrogen) atoms. The Hall–Kier alpha value is -4.07. The van der Waals surface area contributed by atoms with Gasteiger partial charge in [0.25, 0.3) is 5.91 Å².